The van der Waals surface area contributed by atoms with Gasteiger partial charge in [0.15, 0.2) is 0 Å². The summed E-state index contributed by atoms with van der Waals surface area (Å²) in [6.45, 7) is 1.87. The maximum Gasteiger partial charge on any atom is 0.125 e. The van der Waals surface area contributed by atoms with E-state index in [0.29, 0.717) is 5.52 Å². The molecule has 1 unspecified atom stereocenters. The highest BCUT2D eigenvalue weighted by atomic mass is 32.2. The van der Waals surface area contributed by atoms with Crippen LogP contribution >= 0.6 is 0 Å². The second-order valence-corrected chi connectivity index (χ2v) is 5.96. The molecule has 0 aliphatic heterocycles. The Morgan fingerprint density at radius 1 is 1.20 bits per heavy atom. The molecule has 3 rings (SSSR count). The van der Waals surface area contributed by atoms with E-state index in [4.69, 9.17) is 0 Å². The van der Waals surface area contributed by atoms with Gasteiger partial charge in [-0.1, -0.05) is 6.07 Å². The van der Waals surface area contributed by atoms with Crippen LogP contribution in [0.25, 0.3) is 16.7 Å². The molecule has 2 aromatic carbocycles. The molecule has 0 amide bonds. The van der Waals surface area contributed by atoms with Gasteiger partial charge in [-0.3, -0.25) is 8.78 Å². The van der Waals surface area contributed by atoms with Gasteiger partial charge in [-0.15, -0.1) is 0 Å². The number of nitrogens with zero attached hydrogens (tertiary/aromatic N) is 2. The first-order valence-electron chi connectivity index (χ1n) is 6.15. The van der Waals surface area contributed by atoms with Crippen LogP contribution < -0.4 is 0 Å². The van der Waals surface area contributed by atoms with Crippen LogP contribution in [0.2, 0.25) is 0 Å². The minimum Gasteiger partial charge on any atom is -0.296 e. The van der Waals surface area contributed by atoms with Crippen LogP contribution in [0.1, 0.15) is 5.82 Å². The Hall–Kier alpha value is -2.01. The topological polar surface area (TPSA) is 34.9 Å². The van der Waals surface area contributed by atoms with Gasteiger partial charge in [0.25, 0.3) is 0 Å². The van der Waals surface area contributed by atoms with Crippen molar-refractivity contribution in [3.8, 4) is 5.69 Å². The minimum atomic E-state index is -1.05. The fourth-order valence-electron chi connectivity index (χ4n) is 2.30. The molecule has 3 nitrogen and oxygen atoms in total. The summed E-state index contributed by atoms with van der Waals surface area (Å²) in [5, 5.41) is 0. The molecule has 0 fully saturated rings. The highest BCUT2D eigenvalue weighted by molar-refractivity contribution is 7.84. The Morgan fingerprint density at radius 2 is 2.00 bits per heavy atom. The van der Waals surface area contributed by atoms with Crippen LogP contribution in [0.15, 0.2) is 47.4 Å². The van der Waals surface area contributed by atoms with Gasteiger partial charge in [0, 0.05) is 33.7 Å². The molecule has 0 aliphatic carbocycles. The second kappa shape index (κ2) is 4.83. The SMILES string of the molecule is Cc1nc2ccc(F)cc2n1-c1cccc(S(C)=O)c1. The summed E-state index contributed by atoms with van der Waals surface area (Å²) in [6, 6.07) is 11.9. The third kappa shape index (κ3) is 2.14. The number of imidazole rings is 1. The molecule has 0 saturated heterocycles. The number of aryl methyl sites for hydroxylation is 1. The predicted molar refractivity (Wildman–Crippen MR) is 78.1 cm³/mol. The van der Waals surface area contributed by atoms with Gasteiger partial charge in [0.05, 0.1) is 11.0 Å². The van der Waals surface area contributed by atoms with Crippen LogP contribution in [-0.4, -0.2) is 20.0 Å². The molecule has 0 radical (unpaired) electrons. The lowest BCUT2D eigenvalue weighted by Gasteiger charge is -2.08. The molecule has 0 saturated carbocycles. The third-order valence-electron chi connectivity index (χ3n) is 3.19. The Balaban J connectivity index is 2.28. The average Bonchev–Trinajstić information content (AvgIpc) is 2.74. The first-order valence-corrected chi connectivity index (χ1v) is 7.70. The van der Waals surface area contributed by atoms with E-state index in [-0.39, 0.29) is 5.82 Å². The summed E-state index contributed by atoms with van der Waals surface area (Å²) in [7, 11) is -1.05. The van der Waals surface area contributed by atoms with E-state index in [1.807, 2.05) is 35.8 Å². The van der Waals surface area contributed by atoms with E-state index < -0.39 is 10.8 Å². The van der Waals surface area contributed by atoms with Gasteiger partial charge >= 0.3 is 0 Å². The highest BCUT2D eigenvalue weighted by Crippen LogP contribution is 2.23. The Labute approximate surface area is 118 Å². The monoisotopic (exact) mass is 288 g/mol. The smallest absolute Gasteiger partial charge is 0.125 e. The quantitative estimate of drug-likeness (QED) is 0.726. The number of aromatic nitrogens is 2. The Morgan fingerprint density at radius 3 is 2.75 bits per heavy atom. The van der Waals surface area contributed by atoms with Crippen molar-refractivity contribution in [3.05, 3.63) is 54.1 Å². The molecule has 0 N–H and O–H groups in total. The zero-order valence-corrected chi connectivity index (χ0v) is 11.9. The van der Waals surface area contributed by atoms with Crippen LogP contribution in [-0.2, 0) is 10.8 Å². The maximum absolute atomic E-state index is 13.5. The zero-order chi connectivity index (χ0) is 14.3. The van der Waals surface area contributed by atoms with Crippen LogP contribution in [0.3, 0.4) is 0 Å². The van der Waals surface area contributed by atoms with Crippen molar-refractivity contribution in [1.82, 2.24) is 9.55 Å². The molecule has 1 heterocycles. The molecular formula is C15H13FN2OS. The van der Waals surface area contributed by atoms with E-state index in [1.165, 1.54) is 12.1 Å². The normalized spacial score (nSPS) is 12.8. The maximum atomic E-state index is 13.5. The molecule has 3 aromatic rings. The molecule has 102 valence electrons. The molecule has 1 aromatic heterocycles. The van der Waals surface area contributed by atoms with Gasteiger partial charge < -0.3 is 0 Å². The number of benzene rings is 2. The van der Waals surface area contributed by atoms with E-state index in [1.54, 1.807) is 12.3 Å². The lowest BCUT2D eigenvalue weighted by molar-refractivity contribution is 0.629. The first kappa shape index (κ1) is 13.0. The summed E-state index contributed by atoms with van der Waals surface area (Å²) in [5.74, 6) is 0.471. The van der Waals surface area contributed by atoms with Gasteiger partial charge in [-0.05, 0) is 37.3 Å². The fraction of sp³-hybridized carbons (Fsp3) is 0.133. The third-order valence-corrected chi connectivity index (χ3v) is 4.11. The largest absolute Gasteiger partial charge is 0.296 e. The second-order valence-electron chi connectivity index (χ2n) is 4.58. The lowest BCUT2D eigenvalue weighted by atomic mass is 10.2. The van der Waals surface area contributed by atoms with Gasteiger partial charge in [0.2, 0.25) is 0 Å². The molecule has 0 aliphatic rings. The number of fused-ring (bicyclic) bond motifs is 1. The van der Waals surface area contributed by atoms with Crippen molar-refractivity contribution in [3.63, 3.8) is 0 Å². The van der Waals surface area contributed by atoms with Crippen molar-refractivity contribution in [2.45, 2.75) is 11.8 Å². The highest BCUT2D eigenvalue weighted by Gasteiger charge is 2.11. The van der Waals surface area contributed by atoms with E-state index in [9.17, 15) is 8.60 Å². The number of rotatable bonds is 2. The molecular weight excluding hydrogens is 275 g/mol. The number of halogens is 1. The van der Waals surface area contributed by atoms with Crippen LogP contribution in [0.5, 0.6) is 0 Å². The summed E-state index contributed by atoms with van der Waals surface area (Å²) >= 11 is 0. The van der Waals surface area contributed by atoms with Crippen molar-refractivity contribution < 1.29 is 8.60 Å². The Bertz CT molecular complexity index is 826. The lowest BCUT2D eigenvalue weighted by Crippen LogP contribution is -1.98. The van der Waals surface area contributed by atoms with E-state index in [0.717, 1.165) is 21.9 Å². The summed E-state index contributed by atoms with van der Waals surface area (Å²) in [4.78, 5) is 5.16. The average molecular weight is 288 g/mol. The van der Waals surface area contributed by atoms with Crippen LogP contribution in [0, 0.1) is 12.7 Å². The molecule has 0 spiro atoms. The van der Waals surface area contributed by atoms with Gasteiger partial charge in [0.1, 0.15) is 11.6 Å². The molecule has 0 bridgehead atoms. The van der Waals surface area contributed by atoms with Gasteiger partial charge in [-0.25, -0.2) is 9.37 Å². The number of hydrogen-bond donors (Lipinski definition) is 0. The summed E-state index contributed by atoms with van der Waals surface area (Å²) in [5.41, 5.74) is 2.29. The molecule has 5 heteroatoms. The zero-order valence-electron chi connectivity index (χ0n) is 11.1. The van der Waals surface area contributed by atoms with Crippen molar-refractivity contribution in [1.29, 1.82) is 0 Å². The van der Waals surface area contributed by atoms with Gasteiger partial charge in [-0.2, -0.15) is 0 Å². The van der Waals surface area contributed by atoms with Crippen LogP contribution in [0.4, 0.5) is 4.39 Å². The van der Waals surface area contributed by atoms with E-state index >= 15 is 0 Å². The summed E-state index contributed by atoms with van der Waals surface area (Å²) in [6.07, 6.45) is 1.64. The minimum absolute atomic E-state index is 0.297. The van der Waals surface area contributed by atoms with Crippen molar-refractivity contribution in [2.24, 2.45) is 0 Å². The molecule has 20 heavy (non-hydrogen) atoms. The van der Waals surface area contributed by atoms with E-state index in [2.05, 4.69) is 4.98 Å². The number of hydrogen-bond acceptors (Lipinski definition) is 2. The van der Waals surface area contributed by atoms with Crippen molar-refractivity contribution in [2.75, 3.05) is 6.26 Å². The fourth-order valence-corrected chi connectivity index (χ4v) is 2.85. The molecule has 1 atom stereocenters. The standard InChI is InChI=1S/C15H13FN2OS/c1-10-17-14-7-6-11(16)8-15(14)18(10)12-4-3-5-13(9-12)20(2)19/h3-9H,1-2H3. The van der Waals surface area contributed by atoms with Crippen molar-refractivity contribution >= 4 is 21.8 Å². The Kier molecular flexibility index (Phi) is 3.14. The first-order chi connectivity index (χ1) is 9.56. The predicted octanol–water partition coefficient (Wildman–Crippen LogP) is 3.21. The summed E-state index contributed by atoms with van der Waals surface area (Å²) < 4.78 is 26.9.